The Morgan fingerprint density at radius 2 is 2.29 bits per heavy atom. The number of carbonyl (C=O) groups is 2. The third-order valence-corrected chi connectivity index (χ3v) is 4.52. The molecule has 3 N–H and O–H groups in total. The van der Waals surface area contributed by atoms with Crippen LogP contribution in [-0.4, -0.2) is 35.2 Å². The molecule has 1 fully saturated rings. The molecule has 1 saturated heterocycles. The third-order valence-electron chi connectivity index (χ3n) is 3.33. The van der Waals surface area contributed by atoms with Crippen LogP contribution in [0, 0.1) is 0 Å². The lowest BCUT2D eigenvalue weighted by atomic mass is 10.2. The van der Waals surface area contributed by atoms with Crippen LogP contribution >= 0.6 is 23.4 Å². The maximum Gasteiger partial charge on any atom is 0.322 e. The van der Waals surface area contributed by atoms with Crippen molar-refractivity contribution in [3.63, 3.8) is 0 Å². The van der Waals surface area contributed by atoms with E-state index in [0.29, 0.717) is 23.7 Å². The summed E-state index contributed by atoms with van der Waals surface area (Å²) in [5, 5.41) is 3.39. The first kappa shape index (κ1) is 16.0. The smallest absolute Gasteiger partial charge is 0.322 e. The molecule has 0 spiro atoms. The summed E-state index contributed by atoms with van der Waals surface area (Å²) in [6.45, 7) is 2.57. The van der Waals surface area contributed by atoms with Gasteiger partial charge in [0.05, 0.1) is 5.69 Å². The highest BCUT2D eigenvalue weighted by atomic mass is 35.5. The van der Waals surface area contributed by atoms with Gasteiger partial charge in [0.1, 0.15) is 6.04 Å². The molecule has 1 aliphatic rings. The number of thioether (sulfide) groups is 1. The number of carbonyl (C=O) groups excluding carboxylic acids is 2. The van der Waals surface area contributed by atoms with Crippen LogP contribution in [0.2, 0.25) is 5.02 Å². The van der Waals surface area contributed by atoms with E-state index in [-0.39, 0.29) is 6.03 Å². The van der Waals surface area contributed by atoms with Gasteiger partial charge in [-0.2, -0.15) is 0 Å². The summed E-state index contributed by atoms with van der Waals surface area (Å²) in [7, 11) is 0. The van der Waals surface area contributed by atoms with E-state index in [1.54, 1.807) is 23.9 Å². The van der Waals surface area contributed by atoms with Crippen molar-refractivity contribution in [2.45, 2.75) is 30.7 Å². The second kappa shape index (κ2) is 7.04. The highest BCUT2D eigenvalue weighted by molar-refractivity contribution is 7.99. The quantitative estimate of drug-likeness (QED) is 0.835. The first-order chi connectivity index (χ1) is 10.0. The zero-order chi connectivity index (χ0) is 15.4. The van der Waals surface area contributed by atoms with E-state index in [0.717, 1.165) is 17.1 Å². The van der Waals surface area contributed by atoms with Gasteiger partial charge in [0.25, 0.3) is 0 Å². The lowest BCUT2D eigenvalue weighted by Gasteiger charge is -2.23. The van der Waals surface area contributed by atoms with Gasteiger partial charge >= 0.3 is 6.03 Å². The van der Waals surface area contributed by atoms with Gasteiger partial charge in [-0.1, -0.05) is 18.5 Å². The molecular formula is C14H18ClN3O2S. The van der Waals surface area contributed by atoms with Gasteiger partial charge in [0, 0.05) is 16.5 Å². The average Bonchev–Trinajstić information content (AvgIpc) is 2.91. The largest absolute Gasteiger partial charge is 0.368 e. The van der Waals surface area contributed by atoms with Crippen molar-refractivity contribution >= 4 is 41.0 Å². The van der Waals surface area contributed by atoms with Gasteiger partial charge in [-0.3, -0.25) is 4.79 Å². The van der Waals surface area contributed by atoms with Crippen LogP contribution < -0.4 is 11.1 Å². The Morgan fingerprint density at radius 3 is 2.95 bits per heavy atom. The van der Waals surface area contributed by atoms with Crippen molar-refractivity contribution in [2.24, 2.45) is 5.73 Å². The number of rotatable bonds is 4. The second-order valence-electron chi connectivity index (χ2n) is 4.76. The minimum absolute atomic E-state index is 0.309. The van der Waals surface area contributed by atoms with Crippen LogP contribution in [0.5, 0.6) is 0 Å². The summed E-state index contributed by atoms with van der Waals surface area (Å²) in [4.78, 5) is 26.2. The van der Waals surface area contributed by atoms with E-state index >= 15 is 0 Å². The number of nitrogens with one attached hydrogen (secondary N) is 1. The molecule has 1 aliphatic heterocycles. The summed E-state index contributed by atoms with van der Waals surface area (Å²) < 4.78 is 0. The SMILES string of the molecule is CCSc1ccc(Cl)cc1NC(=O)N1CCCC1C(N)=O. The fraction of sp³-hybridized carbons (Fsp3) is 0.429. The molecule has 0 aromatic heterocycles. The lowest BCUT2D eigenvalue weighted by Crippen LogP contribution is -2.45. The molecule has 0 aliphatic carbocycles. The van der Waals surface area contributed by atoms with E-state index in [9.17, 15) is 9.59 Å². The first-order valence-corrected chi connectivity index (χ1v) is 8.18. The van der Waals surface area contributed by atoms with Crippen LogP contribution in [0.1, 0.15) is 19.8 Å². The Balaban J connectivity index is 2.15. The number of halogens is 1. The topological polar surface area (TPSA) is 75.4 Å². The van der Waals surface area contributed by atoms with Gasteiger partial charge in [-0.05, 0) is 36.8 Å². The van der Waals surface area contributed by atoms with Crippen LogP contribution in [0.3, 0.4) is 0 Å². The highest BCUT2D eigenvalue weighted by Crippen LogP contribution is 2.30. The van der Waals surface area contributed by atoms with E-state index in [1.165, 1.54) is 4.90 Å². The molecule has 1 aromatic carbocycles. The zero-order valence-electron chi connectivity index (χ0n) is 11.8. The number of urea groups is 1. The third kappa shape index (κ3) is 3.83. The van der Waals surface area contributed by atoms with E-state index in [1.807, 2.05) is 13.0 Å². The molecule has 21 heavy (non-hydrogen) atoms. The van der Waals surface area contributed by atoms with Gasteiger partial charge < -0.3 is 16.0 Å². The van der Waals surface area contributed by atoms with E-state index in [2.05, 4.69) is 5.32 Å². The molecule has 114 valence electrons. The molecule has 1 unspecified atom stereocenters. The summed E-state index contributed by atoms with van der Waals surface area (Å²) in [5.74, 6) is 0.426. The summed E-state index contributed by atoms with van der Waals surface area (Å²) in [6.07, 6.45) is 1.40. The number of nitrogens with two attached hydrogens (primary N) is 1. The minimum Gasteiger partial charge on any atom is -0.368 e. The first-order valence-electron chi connectivity index (χ1n) is 6.82. The number of nitrogens with zero attached hydrogens (tertiary/aromatic N) is 1. The van der Waals surface area contributed by atoms with Crippen molar-refractivity contribution in [3.8, 4) is 0 Å². The van der Waals surface area contributed by atoms with Crippen LogP contribution in [0.25, 0.3) is 0 Å². The molecule has 0 saturated carbocycles. The molecular weight excluding hydrogens is 310 g/mol. The average molecular weight is 328 g/mol. The molecule has 1 aromatic rings. The fourth-order valence-electron chi connectivity index (χ4n) is 2.37. The van der Waals surface area contributed by atoms with Crippen LogP contribution in [0.4, 0.5) is 10.5 Å². The van der Waals surface area contributed by atoms with Crippen molar-refractivity contribution in [1.82, 2.24) is 4.90 Å². The Bertz CT molecular complexity index is 553. The number of benzene rings is 1. The second-order valence-corrected chi connectivity index (χ2v) is 6.50. The Morgan fingerprint density at radius 1 is 1.52 bits per heavy atom. The molecule has 1 atom stereocenters. The van der Waals surface area contributed by atoms with Crippen molar-refractivity contribution < 1.29 is 9.59 Å². The Labute approximate surface area is 133 Å². The summed E-state index contributed by atoms with van der Waals surface area (Å²) in [6, 6.07) is 4.55. The Hall–Kier alpha value is -1.40. The van der Waals surface area contributed by atoms with Crippen LogP contribution in [0.15, 0.2) is 23.1 Å². The molecule has 0 bridgehead atoms. The normalized spacial score (nSPS) is 17.8. The van der Waals surface area contributed by atoms with Crippen molar-refractivity contribution in [1.29, 1.82) is 0 Å². The number of likely N-dealkylation sites (tertiary alicyclic amines) is 1. The van der Waals surface area contributed by atoms with Gasteiger partial charge in [-0.25, -0.2) is 4.79 Å². The molecule has 0 radical (unpaired) electrons. The lowest BCUT2D eigenvalue weighted by molar-refractivity contribution is -0.121. The van der Waals surface area contributed by atoms with Gasteiger partial charge in [0.15, 0.2) is 0 Å². The van der Waals surface area contributed by atoms with Crippen molar-refractivity contribution in [3.05, 3.63) is 23.2 Å². The highest BCUT2D eigenvalue weighted by Gasteiger charge is 2.32. The fourth-order valence-corrected chi connectivity index (χ4v) is 3.29. The standard InChI is InChI=1S/C14H18ClN3O2S/c1-2-21-12-6-5-9(15)8-10(12)17-14(20)18-7-3-4-11(18)13(16)19/h5-6,8,11H,2-4,7H2,1H3,(H2,16,19)(H,17,20). The number of primary amides is 1. The minimum atomic E-state index is -0.522. The maximum atomic E-state index is 12.4. The number of anilines is 1. The van der Waals surface area contributed by atoms with E-state index < -0.39 is 11.9 Å². The monoisotopic (exact) mass is 327 g/mol. The Kier molecular flexibility index (Phi) is 5.36. The maximum absolute atomic E-state index is 12.4. The summed E-state index contributed by atoms with van der Waals surface area (Å²) >= 11 is 7.61. The molecule has 7 heteroatoms. The molecule has 1 heterocycles. The van der Waals surface area contributed by atoms with Gasteiger partial charge in [-0.15, -0.1) is 11.8 Å². The predicted molar refractivity (Wildman–Crippen MR) is 85.8 cm³/mol. The number of amides is 3. The predicted octanol–water partition coefficient (Wildman–Crippen LogP) is 2.93. The summed E-state index contributed by atoms with van der Waals surface area (Å²) in [5.41, 5.74) is 6.00. The van der Waals surface area contributed by atoms with Crippen molar-refractivity contribution in [2.75, 3.05) is 17.6 Å². The van der Waals surface area contributed by atoms with Crippen LogP contribution in [-0.2, 0) is 4.79 Å². The van der Waals surface area contributed by atoms with E-state index in [4.69, 9.17) is 17.3 Å². The molecule has 2 rings (SSSR count). The number of hydrogen-bond donors (Lipinski definition) is 2. The zero-order valence-corrected chi connectivity index (χ0v) is 13.3. The molecule has 3 amide bonds. The van der Waals surface area contributed by atoms with Gasteiger partial charge in [0.2, 0.25) is 5.91 Å². The molecule has 5 nitrogen and oxygen atoms in total. The number of hydrogen-bond acceptors (Lipinski definition) is 3.